The summed E-state index contributed by atoms with van der Waals surface area (Å²) in [6.07, 6.45) is 3.93. The zero-order valence-corrected chi connectivity index (χ0v) is 15.6. The monoisotopic (exact) mass is 381 g/mol. The lowest BCUT2D eigenvalue weighted by Crippen LogP contribution is -2.45. The molecule has 1 amide bonds. The molecule has 0 radical (unpaired) electrons. The van der Waals surface area contributed by atoms with Gasteiger partial charge in [0.05, 0.1) is 25.2 Å². The highest BCUT2D eigenvalue weighted by Crippen LogP contribution is 2.27. The summed E-state index contributed by atoms with van der Waals surface area (Å²) >= 11 is 5.99. The quantitative estimate of drug-likeness (QED) is 0.742. The SMILES string of the molecule is O=C(C1CNc2ccnn2C1)N1CCn2cc(-c3ccc(Cl)cc3)cc2C1. The predicted molar refractivity (Wildman–Crippen MR) is 105 cm³/mol. The number of nitrogens with one attached hydrogen (secondary N) is 1. The van der Waals surface area contributed by atoms with Gasteiger partial charge in [0.2, 0.25) is 5.91 Å². The Morgan fingerprint density at radius 3 is 2.85 bits per heavy atom. The van der Waals surface area contributed by atoms with Crippen LogP contribution in [0.3, 0.4) is 0 Å². The minimum absolute atomic E-state index is 0.0744. The van der Waals surface area contributed by atoms with Gasteiger partial charge in [-0.1, -0.05) is 23.7 Å². The van der Waals surface area contributed by atoms with Crippen molar-refractivity contribution < 1.29 is 4.79 Å². The fourth-order valence-corrected chi connectivity index (χ4v) is 4.07. The highest BCUT2D eigenvalue weighted by atomic mass is 35.5. The minimum atomic E-state index is -0.0744. The number of nitrogens with zero attached hydrogens (tertiary/aromatic N) is 4. The van der Waals surface area contributed by atoms with Crippen molar-refractivity contribution in [2.75, 3.05) is 18.4 Å². The average Bonchev–Trinajstić information content (AvgIpc) is 3.33. The molecule has 1 unspecified atom stereocenters. The zero-order valence-electron chi connectivity index (χ0n) is 14.8. The van der Waals surface area contributed by atoms with Crippen molar-refractivity contribution >= 4 is 23.3 Å². The highest BCUT2D eigenvalue weighted by Gasteiger charge is 2.30. The number of benzene rings is 1. The largest absolute Gasteiger partial charge is 0.369 e. The molecule has 4 heterocycles. The van der Waals surface area contributed by atoms with E-state index in [1.54, 1.807) is 6.20 Å². The van der Waals surface area contributed by atoms with Crippen molar-refractivity contribution in [1.82, 2.24) is 19.2 Å². The van der Waals surface area contributed by atoms with Gasteiger partial charge in [0.25, 0.3) is 0 Å². The molecule has 0 saturated carbocycles. The lowest BCUT2D eigenvalue weighted by atomic mass is 10.1. The van der Waals surface area contributed by atoms with E-state index in [0.29, 0.717) is 19.6 Å². The van der Waals surface area contributed by atoms with Gasteiger partial charge in [0.15, 0.2) is 0 Å². The Kier molecular flexibility index (Phi) is 3.93. The number of aromatic nitrogens is 3. The van der Waals surface area contributed by atoms with Gasteiger partial charge in [0.1, 0.15) is 5.82 Å². The van der Waals surface area contributed by atoms with Crippen LogP contribution in [0.4, 0.5) is 5.82 Å². The number of halogens is 1. The zero-order chi connectivity index (χ0) is 18.4. The van der Waals surface area contributed by atoms with E-state index in [0.717, 1.165) is 35.1 Å². The molecule has 3 aromatic rings. The van der Waals surface area contributed by atoms with Crippen molar-refractivity contribution in [3.8, 4) is 11.1 Å². The van der Waals surface area contributed by atoms with Gasteiger partial charge in [-0.3, -0.25) is 4.79 Å². The molecule has 1 atom stereocenters. The van der Waals surface area contributed by atoms with E-state index in [2.05, 4.69) is 27.2 Å². The Morgan fingerprint density at radius 1 is 1.15 bits per heavy atom. The Labute approximate surface area is 162 Å². The molecule has 138 valence electrons. The third-order valence-electron chi connectivity index (χ3n) is 5.43. The molecule has 1 aromatic carbocycles. The third-order valence-corrected chi connectivity index (χ3v) is 5.68. The smallest absolute Gasteiger partial charge is 0.229 e. The van der Waals surface area contributed by atoms with E-state index in [1.807, 2.05) is 39.9 Å². The Hall–Kier alpha value is -2.73. The maximum atomic E-state index is 13.0. The summed E-state index contributed by atoms with van der Waals surface area (Å²) in [5.41, 5.74) is 3.47. The molecule has 7 heteroatoms. The van der Waals surface area contributed by atoms with Crippen LogP contribution in [-0.4, -0.2) is 38.2 Å². The van der Waals surface area contributed by atoms with Gasteiger partial charge in [0, 0.05) is 42.6 Å². The normalized spacial score (nSPS) is 18.6. The molecule has 0 saturated heterocycles. The number of rotatable bonds is 2. The average molecular weight is 382 g/mol. The second-order valence-electron chi connectivity index (χ2n) is 7.16. The number of hydrogen-bond donors (Lipinski definition) is 1. The van der Waals surface area contributed by atoms with Gasteiger partial charge in [-0.05, 0) is 29.3 Å². The van der Waals surface area contributed by atoms with Crippen LogP contribution in [0.5, 0.6) is 0 Å². The van der Waals surface area contributed by atoms with Gasteiger partial charge >= 0.3 is 0 Å². The molecule has 1 N–H and O–H groups in total. The van der Waals surface area contributed by atoms with E-state index in [1.165, 1.54) is 5.69 Å². The van der Waals surface area contributed by atoms with Crippen LogP contribution in [0.25, 0.3) is 11.1 Å². The van der Waals surface area contributed by atoms with E-state index in [9.17, 15) is 4.79 Å². The maximum absolute atomic E-state index is 13.0. The molecule has 27 heavy (non-hydrogen) atoms. The third kappa shape index (κ3) is 3.00. The highest BCUT2D eigenvalue weighted by molar-refractivity contribution is 6.30. The number of carbonyl (C=O) groups excluding carboxylic acids is 1. The molecule has 0 bridgehead atoms. The van der Waals surface area contributed by atoms with Crippen LogP contribution in [0.1, 0.15) is 5.69 Å². The topological polar surface area (TPSA) is 55.1 Å². The lowest BCUT2D eigenvalue weighted by Gasteiger charge is -2.33. The Morgan fingerprint density at radius 2 is 2.00 bits per heavy atom. The van der Waals surface area contributed by atoms with Gasteiger partial charge in [-0.2, -0.15) is 5.10 Å². The van der Waals surface area contributed by atoms with E-state index >= 15 is 0 Å². The van der Waals surface area contributed by atoms with Gasteiger partial charge in [-0.15, -0.1) is 0 Å². The van der Waals surface area contributed by atoms with Crippen molar-refractivity contribution in [2.45, 2.75) is 19.6 Å². The molecular formula is C20H20ClN5O. The van der Waals surface area contributed by atoms with Crippen LogP contribution in [0.2, 0.25) is 5.02 Å². The number of hydrogen-bond acceptors (Lipinski definition) is 3. The summed E-state index contributed by atoms with van der Waals surface area (Å²) in [4.78, 5) is 15.0. The lowest BCUT2D eigenvalue weighted by molar-refractivity contribution is -0.137. The summed E-state index contributed by atoms with van der Waals surface area (Å²) in [5, 5.41) is 8.32. The van der Waals surface area contributed by atoms with E-state index in [-0.39, 0.29) is 11.8 Å². The first-order valence-electron chi connectivity index (χ1n) is 9.17. The van der Waals surface area contributed by atoms with Crippen LogP contribution in [0.15, 0.2) is 48.8 Å². The number of fused-ring (bicyclic) bond motifs is 2. The fourth-order valence-electron chi connectivity index (χ4n) is 3.94. The molecule has 0 fully saturated rings. The second-order valence-corrected chi connectivity index (χ2v) is 7.59. The number of carbonyl (C=O) groups is 1. The van der Waals surface area contributed by atoms with Crippen molar-refractivity contribution in [3.05, 3.63) is 59.5 Å². The summed E-state index contributed by atoms with van der Waals surface area (Å²) in [6.45, 7) is 3.51. The molecule has 2 aliphatic rings. The number of amides is 1. The number of anilines is 1. The first-order chi connectivity index (χ1) is 13.2. The minimum Gasteiger partial charge on any atom is -0.369 e. The maximum Gasteiger partial charge on any atom is 0.229 e. The molecular weight excluding hydrogens is 362 g/mol. The van der Waals surface area contributed by atoms with Gasteiger partial charge < -0.3 is 14.8 Å². The summed E-state index contributed by atoms with van der Waals surface area (Å²) in [7, 11) is 0. The van der Waals surface area contributed by atoms with Crippen LogP contribution in [-0.2, 0) is 24.4 Å². The summed E-state index contributed by atoms with van der Waals surface area (Å²) in [5.74, 6) is 1.11. The standard InChI is InChI=1S/C20H20ClN5O/c21-17-3-1-14(2-4-17)15-9-18-13-25(8-7-24(18)11-15)20(27)16-10-22-19-5-6-23-26(19)12-16/h1-6,9,11,16,22H,7-8,10,12-13H2. The predicted octanol–water partition coefficient (Wildman–Crippen LogP) is 3.09. The van der Waals surface area contributed by atoms with Crippen molar-refractivity contribution in [1.29, 1.82) is 0 Å². The van der Waals surface area contributed by atoms with Crippen LogP contribution in [0, 0.1) is 5.92 Å². The first-order valence-corrected chi connectivity index (χ1v) is 9.54. The summed E-state index contributed by atoms with van der Waals surface area (Å²) in [6, 6.07) is 12.0. The molecule has 0 spiro atoms. The van der Waals surface area contributed by atoms with E-state index in [4.69, 9.17) is 11.6 Å². The molecule has 5 rings (SSSR count). The first kappa shape index (κ1) is 16.4. The second kappa shape index (κ2) is 6.46. The van der Waals surface area contributed by atoms with Crippen LogP contribution < -0.4 is 5.32 Å². The fraction of sp³-hybridized carbons (Fsp3) is 0.300. The summed E-state index contributed by atoms with van der Waals surface area (Å²) < 4.78 is 4.12. The Bertz CT molecular complexity index is 990. The van der Waals surface area contributed by atoms with Crippen LogP contribution >= 0.6 is 11.6 Å². The van der Waals surface area contributed by atoms with Crippen molar-refractivity contribution in [2.24, 2.45) is 5.92 Å². The molecule has 0 aliphatic carbocycles. The van der Waals surface area contributed by atoms with Crippen molar-refractivity contribution in [3.63, 3.8) is 0 Å². The van der Waals surface area contributed by atoms with E-state index < -0.39 is 0 Å². The molecule has 6 nitrogen and oxygen atoms in total. The molecule has 2 aliphatic heterocycles. The van der Waals surface area contributed by atoms with Gasteiger partial charge in [-0.25, -0.2) is 4.68 Å². The molecule has 2 aromatic heterocycles. The Balaban J connectivity index is 1.32.